The summed E-state index contributed by atoms with van der Waals surface area (Å²) in [6, 6.07) is 14.9. The maximum absolute atomic E-state index is 13.6. The van der Waals surface area contributed by atoms with Crippen molar-refractivity contribution < 1.29 is 13.5 Å². The highest BCUT2D eigenvalue weighted by Crippen LogP contribution is 2.34. The van der Waals surface area contributed by atoms with Gasteiger partial charge in [0.1, 0.15) is 11.3 Å². The second kappa shape index (κ2) is 7.54. The molecule has 1 aliphatic rings. The van der Waals surface area contributed by atoms with Gasteiger partial charge in [0.25, 0.3) is 5.56 Å². The molecule has 0 spiro atoms. The van der Waals surface area contributed by atoms with E-state index in [1.165, 1.54) is 29.7 Å². The van der Waals surface area contributed by atoms with Crippen LogP contribution in [0.25, 0.3) is 27.8 Å². The number of anilines is 1. The normalized spacial score (nSPS) is 13.8. The topological polar surface area (TPSA) is 75.1 Å². The Morgan fingerprint density at radius 3 is 2.42 bits per heavy atom. The zero-order chi connectivity index (χ0) is 21.5. The first-order valence-electron chi connectivity index (χ1n) is 10.0. The fourth-order valence-electron chi connectivity index (χ4n) is 3.76. The van der Waals surface area contributed by atoms with Crippen molar-refractivity contribution in [2.75, 3.05) is 5.73 Å². The summed E-state index contributed by atoms with van der Waals surface area (Å²) < 4.78 is 32.9. The van der Waals surface area contributed by atoms with Gasteiger partial charge in [0.05, 0.1) is 16.8 Å². The van der Waals surface area contributed by atoms with Gasteiger partial charge >= 0.3 is 6.61 Å². The predicted octanol–water partition coefficient (Wildman–Crippen LogP) is 4.45. The van der Waals surface area contributed by atoms with Crippen LogP contribution in [0, 0.1) is 5.92 Å². The first-order chi connectivity index (χ1) is 15.0. The van der Waals surface area contributed by atoms with Crippen molar-refractivity contribution in [2.45, 2.75) is 26.0 Å². The van der Waals surface area contributed by atoms with Crippen LogP contribution in [0.3, 0.4) is 0 Å². The van der Waals surface area contributed by atoms with E-state index in [2.05, 4.69) is 14.4 Å². The van der Waals surface area contributed by atoms with Crippen LogP contribution in [0.2, 0.25) is 0 Å². The van der Waals surface area contributed by atoms with E-state index < -0.39 is 6.61 Å². The highest BCUT2D eigenvalue weighted by molar-refractivity contribution is 5.92. The van der Waals surface area contributed by atoms with E-state index >= 15 is 0 Å². The number of nitrogens with zero attached hydrogens (tertiary/aromatic N) is 3. The molecule has 0 radical (unpaired) electrons. The average Bonchev–Trinajstić information content (AvgIpc) is 3.48. The Kier molecular flexibility index (Phi) is 4.69. The maximum atomic E-state index is 13.6. The van der Waals surface area contributed by atoms with E-state index in [0.717, 1.165) is 12.1 Å². The van der Waals surface area contributed by atoms with Crippen molar-refractivity contribution in [2.24, 2.45) is 5.92 Å². The van der Waals surface area contributed by atoms with Crippen LogP contribution >= 0.6 is 0 Å². The zero-order valence-corrected chi connectivity index (χ0v) is 16.5. The number of aromatic nitrogens is 3. The summed E-state index contributed by atoms with van der Waals surface area (Å²) in [6.07, 6.45) is 4.29. The number of benzene rings is 2. The van der Waals surface area contributed by atoms with Gasteiger partial charge in [-0.3, -0.25) is 4.79 Å². The Morgan fingerprint density at radius 2 is 1.77 bits per heavy atom. The molecule has 2 heterocycles. The molecular formula is C23H20F2N4O2. The summed E-state index contributed by atoms with van der Waals surface area (Å²) in [7, 11) is 0. The van der Waals surface area contributed by atoms with Gasteiger partial charge in [-0.2, -0.15) is 18.6 Å². The number of rotatable bonds is 6. The van der Waals surface area contributed by atoms with Crippen molar-refractivity contribution in [3.05, 3.63) is 71.1 Å². The van der Waals surface area contributed by atoms with Gasteiger partial charge in [0.15, 0.2) is 0 Å². The maximum Gasteiger partial charge on any atom is 0.387 e. The van der Waals surface area contributed by atoms with Crippen LogP contribution in [0.1, 0.15) is 12.8 Å². The molecule has 2 aromatic heterocycles. The summed E-state index contributed by atoms with van der Waals surface area (Å²) in [4.78, 5) is 13.6. The Balaban J connectivity index is 1.71. The highest BCUT2D eigenvalue weighted by atomic mass is 19.3. The minimum Gasteiger partial charge on any atom is -0.435 e. The van der Waals surface area contributed by atoms with E-state index in [1.54, 1.807) is 36.4 Å². The highest BCUT2D eigenvalue weighted by Gasteiger charge is 2.24. The largest absolute Gasteiger partial charge is 0.435 e. The predicted molar refractivity (Wildman–Crippen MR) is 115 cm³/mol. The van der Waals surface area contributed by atoms with E-state index in [9.17, 15) is 13.6 Å². The molecule has 6 nitrogen and oxygen atoms in total. The quantitative estimate of drug-likeness (QED) is 0.466. The zero-order valence-electron chi connectivity index (χ0n) is 16.5. The van der Waals surface area contributed by atoms with Crippen LogP contribution in [0.5, 0.6) is 5.75 Å². The van der Waals surface area contributed by atoms with Crippen molar-refractivity contribution in [1.29, 1.82) is 0 Å². The second-order valence-corrected chi connectivity index (χ2v) is 7.73. The Hall–Kier alpha value is -3.68. The molecule has 0 bridgehead atoms. The van der Waals surface area contributed by atoms with Crippen LogP contribution < -0.4 is 16.0 Å². The molecular weight excluding hydrogens is 402 g/mol. The minimum atomic E-state index is -2.91. The molecule has 5 rings (SSSR count). The Labute approximate surface area is 176 Å². The lowest BCUT2D eigenvalue weighted by Crippen LogP contribution is -2.24. The standard InChI is InChI=1S/C23H20F2N4O2/c24-23(25)31-18-9-3-15(4-10-18)20-21-19(11-12-28(21)13-14-1-2-14)27-29(22(20)30)17-7-5-16(26)6-8-17/h3-12,14,23H,1-2,13,26H2. The van der Waals surface area contributed by atoms with Crippen LogP contribution in [0.15, 0.2) is 65.6 Å². The summed E-state index contributed by atoms with van der Waals surface area (Å²) in [5.41, 5.74) is 9.17. The van der Waals surface area contributed by atoms with E-state index in [1.807, 2.05) is 12.3 Å². The minimum absolute atomic E-state index is 0.0382. The third-order valence-corrected chi connectivity index (χ3v) is 5.45. The van der Waals surface area contributed by atoms with Crippen LogP contribution in [-0.2, 0) is 6.54 Å². The third-order valence-electron chi connectivity index (χ3n) is 5.45. The van der Waals surface area contributed by atoms with Gasteiger partial charge in [-0.25, -0.2) is 0 Å². The lowest BCUT2D eigenvalue weighted by molar-refractivity contribution is -0.0498. The summed E-state index contributed by atoms with van der Waals surface area (Å²) in [6.45, 7) is -2.09. The molecule has 0 atom stereocenters. The number of fused-ring (bicyclic) bond motifs is 1. The van der Waals surface area contributed by atoms with Crippen molar-refractivity contribution in [1.82, 2.24) is 14.3 Å². The van der Waals surface area contributed by atoms with Crippen molar-refractivity contribution in [3.63, 3.8) is 0 Å². The molecule has 1 fully saturated rings. The first-order valence-corrected chi connectivity index (χ1v) is 10.0. The average molecular weight is 422 g/mol. The van der Waals surface area contributed by atoms with Crippen molar-refractivity contribution >= 4 is 16.7 Å². The van der Waals surface area contributed by atoms with Gasteiger partial charge in [-0.1, -0.05) is 12.1 Å². The fourth-order valence-corrected chi connectivity index (χ4v) is 3.76. The molecule has 0 amide bonds. The lowest BCUT2D eigenvalue weighted by atomic mass is 10.1. The van der Waals surface area contributed by atoms with E-state index in [-0.39, 0.29) is 11.3 Å². The smallest absolute Gasteiger partial charge is 0.387 e. The monoisotopic (exact) mass is 422 g/mol. The molecule has 1 aliphatic carbocycles. The van der Waals surface area contributed by atoms with Crippen LogP contribution in [-0.4, -0.2) is 21.0 Å². The molecule has 0 aliphatic heterocycles. The number of nitrogen functional groups attached to an aromatic ring is 1. The fraction of sp³-hybridized carbons (Fsp3) is 0.217. The van der Waals surface area contributed by atoms with Crippen LogP contribution in [0.4, 0.5) is 14.5 Å². The number of ether oxygens (including phenoxy) is 1. The molecule has 1 saturated carbocycles. The summed E-state index contributed by atoms with van der Waals surface area (Å²) in [5, 5.41) is 4.58. The molecule has 31 heavy (non-hydrogen) atoms. The van der Waals surface area contributed by atoms with Gasteiger partial charge in [0, 0.05) is 18.4 Å². The molecule has 0 saturated heterocycles. The first kappa shape index (κ1) is 19.3. The van der Waals surface area contributed by atoms with E-state index in [0.29, 0.717) is 33.9 Å². The molecule has 0 unspecified atom stereocenters. The van der Waals surface area contributed by atoms with Crippen molar-refractivity contribution in [3.8, 4) is 22.6 Å². The molecule has 2 aromatic carbocycles. The SMILES string of the molecule is Nc1ccc(-n2nc3ccn(CC4CC4)c3c(-c3ccc(OC(F)F)cc3)c2=O)cc1. The Morgan fingerprint density at radius 1 is 1.06 bits per heavy atom. The number of nitrogens with two attached hydrogens (primary N) is 1. The van der Waals surface area contributed by atoms with Gasteiger partial charge in [0.2, 0.25) is 0 Å². The van der Waals surface area contributed by atoms with E-state index in [4.69, 9.17) is 5.73 Å². The lowest BCUT2D eigenvalue weighted by Gasteiger charge is -2.13. The van der Waals surface area contributed by atoms with Gasteiger partial charge in [-0.05, 0) is 66.8 Å². The molecule has 158 valence electrons. The second-order valence-electron chi connectivity index (χ2n) is 7.73. The molecule has 8 heteroatoms. The molecule has 4 aromatic rings. The number of alkyl halides is 2. The molecule has 2 N–H and O–H groups in total. The Bertz CT molecular complexity index is 1290. The summed E-state index contributed by atoms with van der Waals surface area (Å²) >= 11 is 0. The summed E-state index contributed by atoms with van der Waals surface area (Å²) in [5.74, 6) is 0.640. The third kappa shape index (κ3) is 3.76. The number of hydrogen-bond donors (Lipinski definition) is 1. The number of hydrogen-bond acceptors (Lipinski definition) is 4. The van der Waals surface area contributed by atoms with Gasteiger partial charge < -0.3 is 15.0 Å². The van der Waals surface area contributed by atoms with Gasteiger partial charge in [-0.15, -0.1) is 0 Å². The number of halogens is 2.